The van der Waals surface area contributed by atoms with Crippen LogP contribution in [0.5, 0.6) is 0 Å². The van der Waals surface area contributed by atoms with Crippen molar-refractivity contribution in [3.63, 3.8) is 0 Å². The van der Waals surface area contributed by atoms with Crippen molar-refractivity contribution in [3.8, 4) is 0 Å². The van der Waals surface area contributed by atoms with E-state index in [1.165, 1.54) is 6.07 Å². The zero-order valence-corrected chi connectivity index (χ0v) is 10.9. The molecule has 0 aliphatic heterocycles. The summed E-state index contributed by atoms with van der Waals surface area (Å²) >= 11 is 0. The monoisotopic (exact) mass is 255 g/mol. The van der Waals surface area contributed by atoms with Crippen molar-refractivity contribution in [2.45, 2.75) is 26.3 Å². The van der Waals surface area contributed by atoms with Gasteiger partial charge >= 0.3 is 0 Å². The van der Waals surface area contributed by atoms with E-state index in [-0.39, 0.29) is 11.9 Å². The van der Waals surface area contributed by atoms with Crippen LogP contribution in [0, 0.1) is 11.6 Å². The minimum atomic E-state index is -0.420. The molecule has 100 valence electrons. The zero-order valence-electron chi connectivity index (χ0n) is 10.9. The maximum absolute atomic E-state index is 13.3. The fourth-order valence-corrected chi connectivity index (χ4v) is 1.52. The molecule has 18 heavy (non-hydrogen) atoms. The van der Waals surface area contributed by atoms with Crippen molar-refractivity contribution in [2.24, 2.45) is 4.99 Å². The minimum absolute atomic E-state index is 0.266. The summed E-state index contributed by atoms with van der Waals surface area (Å²) in [6.07, 6.45) is 0.405. The predicted octanol–water partition coefficient (Wildman–Crippen LogP) is 2.08. The Balaban J connectivity index is 2.48. The summed E-state index contributed by atoms with van der Waals surface area (Å²) in [6.45, 7) is 4.49. The van der Waals surface area contributed by atoms with Gasteiger partial charge < -0.3 is 10.6 Å². The molecule has 0 aromatic heterocycles. The van der Waals surface area contributed by atoms with Crippen LogP contribution >= 0.6 is 0 Å². The summed E-state index contributed by atoms with van der Waals surface area (Å²) in [7, 11) is 1.67. The van der Waals surface area contributed by atoms with E-state index in [9.17, 15) is 8.78 Å². The highest BCUT2D eigenvalue weighted by atomic mass is 19.1. The second-order valence-electron chi connectivity index (χ2n) is 4.28. The van der Waals surface area contributed by atoms with Gasteiger partial charge in [0, 0.05) is 19.6 Å². The lowest BCUT2D eigenvalue weighted by atomic mass is 10.1. The molecule has 0 unspecified atom stereocenters. The molecule has 0 spiro atoms. The summed E-state index contributed by atoms with van der Waals surface area (Å²) in [5.41, 5.74) is 0.363. The highest BCUT2D eigenvalue weighted by Crippen LogP contribution is 2.09. The first-order chi connectivity index (χ1) is 8.52. The van der Waals surface area contributed by atoms with Gasteiger partial charge in [-0.1, -0.05) is 0 Å². The molecule has 0 fully saturated rings. The predicted molar refractivity (Wildman–Crippen MR) is 69.7 cm³/mol. The number of hydrogen-bond donors (Lipinski definition) is 2. The molecule has 0 radical (unpaired) electrons. The maximum atomic E-state index is 13.3. The molecule has 0 atom stereocenters. The second kappa shape index (κ2) is 6.93. The maximum Gasteiger partial charge on any atom is 0.191 e. The number of benzene rings is 1. The molecule has 1 aromatic rings. The van der Waals surface area contributed by atoms with Crippen LogP contribution in [-0.2, 0) is 6.42 Å². The molecular weight excluding hydrogens is 236 g/mol. The van der Waals surface area contributed by atoms with Gasteiger partial charge in [-0.2, -0.15) is 0 Å². The van der Waals surface area contributed by atoms with Crippen molar-refractivity contribution in [2.75, 3.05) is 13.6 Å². The van der Waals surface area contributed by atoms with E-state index < -0.39 is 5.82 Å². The van der Waals surface area contributed by atoms with Crippen LogP contribution in [0.1, 0.15) is 19.4 Å². The largest absolute Gasteiger partial charge is 0.356 e. The average Bonchev–Trinajstić information content (AvgIpc) is 2.31. The quantitative estimate of drug-likeness (QED) is 0.638. The third-order valence-electron chi connectivity index (χ3n) is 2.34. The van der Waals surface area contributed by atoms with Crippen molar-refractivity contribution in [1.29, 1.82) is 0 Å². The molecule has 0 heterocycles. The highest BCUT2D eigenvalue weighted by Gasteiger charge is 2.04. The van der Waals surface area contributed by atoms with Gasteiger partial charge in [-0.05, 0) is 44.0 Å². The highest BCUT2D eigenvalue weighted by molar-refractivity contribution is 5.79. The first kappa shape index (κ1) is 14.4. The van der Waals surface area contributed by atoms with Crippen LogP contribution < -0.4 is 10.6 Å². The molecule has 0 bridgehead atoms. The first-order valence-electron chi connectivity index (χ1n) is 5.94. The average molecular weight is 255 g/mol. The zero-order chi connectivity index (χ0) is 13.5. The Morgan fingerprint density at radius 2 is 2.06 bits per heavy atom. The van der Waals surface area contributed by atoms with Crippen LogP contribution in [0.25, 0.3) is 0 Å². The first-order valence-corrected chi connectivity index (χ1v) is 5.94. The number of rotatable bonds is 4. The Bertz CT molecular complexity index is 417. The van der Waals surface area contributed by atoms with E-state index in [1.54, 1.807) is 7.05 Å². The normalized spacial score (nSPS) is 11.8. The second-order valence-corrected chi connectivity index (χ2v) is 4.28. The lowest BCUT2D eigenvalue weighted by molar-refractivity contribution is 0.582. The minimum Gasteiger partial charge on any atom is -0.356 e. The molecule has 0 aliphatic rings. The molecule has 3 nitrogen and oxygen atoms in total. The van der Waals surface area contributed by atoms with Crippen molar-refractivity contribution >= 4 is 5.96 Å². The number of nitrogens with zero attached hydrogens (tertiary/aromatic N) is 1. The molecule has 1 aromatic carbocycles. The molecule has 1 rings (SSSR count). The topological polar surface area (TPSA) is 36.4 Å². The van der Waals surface area contributed by atoms with Gasteiger partial charge in [0.25, 0.3) is 0 Å². The summed E-state index contributed by atoms with van der Waals surface area (Å²) in [5, 5.41) is 6.16. The van der Waals surface area contributed by atoms with Gasteiger partial charge in [0.2, 0.25) is 0 Å². The standard InChI is InChI=1S/C13H19F2N3/c1-9(2)18-13(16-3)17-7-6-10-8-11(14)4-5-12(10)15/h4-5,8-9H,6-7H2,1-3H3,(H2,16,17,18). The van der Waals surface area contributed by atoms with E-state index in [2.05, 4.69) is 15.6 Å². The number of aliphatic imine (C=N–C) groups is 1. The van der Waals surface area contributed by atoms with E-state index in [0.29, 0.717) is 24.5 Å². The molecule has 0 saturated heterocycles. The number of halogens is 2. The van der Waals surface area contributed by atoms with Gasteiger partial charge in [0.05, 0.1) is 0 Å². The number of nitrogens with one attached hydrogen (secondary N) is 2. The Morgan fingerprint density at radius 3 is 2.67 bits per heavy atom. The van der Waals surface area contributed by atoms with E-state index in [1.807, 2.05) is 13.8 Å². The third-order valence-corrected chi connectivity index (χ3v) is 2.34. The van der Waals surface area contributed by atoms with E-state index in [0.717, 1.165) is 12.1 Å². The Labute approximate surface area is 106 Å². The Hall–Kier alpha value is -1.65. The molecule has 0 aliphatic carbocycles. The van der Waals surface area contributed by atoms with Crippen LogP contribution in [0.2, 0.25) is 0 Å². The number of guanidine groups is 1. The molecule has 2 N–H and O–H groups in total. The molecule has 5 heteroatoms. The molecular formula is C13H19F2N3. The van der Waals surface area contributed by atoms with Crippen LogP contribution in [0.4, 0.5) is 8.78 Å². The summed E-state index contributed by atoms with van der Waals surface area (Å²) < 4.78 is 26.3. The Kier molecular flexibility index (Phi) is 5.55. The van der Waals surface area contributed by atoms with Crippen LogP contribution in [0.3, 0.4) is 0 Å². The lowest BCUT2D eigenvalue weighted by Crippen LogP contribution is -2.41. The summed E-state index contributed by atoms with van der Waals surface area (Å²) in [5.74, 6) is -0.150. The summed E-state index contributed by atoms with van der Waals surface area (Å²) in [6, 6.07) is 3.75. The fraction of sp³-hybridized carbons (Fsp3) is 0.462. The van der Waals surface area contributed by atoms with Crippen LogP contribution in [0.15, 0.2) is 23.2 Å². The fourth-order valence-electron chi connectivity index (χ4n) is 1.52. The van der Waals surface area contributed by atoms with Gasteiger partial charge in [-0.3, -0.25) is 4.99 Å². The van der Waals surface area contributed by atoms with E-state index in [4.69, 9.17) is 0 Å². The van der Waals surface area contributed by atoms with Gasteiger partial charge in [0.15, 0.2) is 5.96 Å². The lowest BCUT2D eigenvalue weighted by Gasteiger charge is -2.14. The molecule has 0 amide bonds. The van der Waals surface area contributed by atoms with Crippen molar-refractivity contribution in [1.82, 2.24) is 10.6 Å². The SMILES string of the molecule is CN=C(NCCc1cc(F)ccc1F)NC(C)C. The number of hydrogen-bond acceptors (Lipinski definition) is 1. The van der Waals surface area contributed by atoms with Crippen molar-refractivity contribution in [3.05, 3.63) is 35.4 Å². The smallest absolute Gasteiger partial charge is 0.191 e. The van der Waals surface area contributed by atoms with E-state index >= 15 is 0 Å². The van der Waals surface area contributed by atoms with Crippen molar-refractivity contribution < 1.29 is 8.78 Å². The van der Waals surface area contributed by atoms with Gasteiger partial charge in [-0.25, -0.2) is 8.78 Å². The molecule has 0 saturated carbocycles. The third kappa shape index (κ3) is 4.69. The Morgan fingerprint density at radius 1 is 1.33 bits per heavy atom. The van der Waals surface area contributed by atoms with Gasteiger partial charge in [-0.15, -0.1) is 0 Å². The van der Waals surface area contributed by atoms with Crippen LogP contribution in [-0.4, -0.2) is 25.6 Å². The van der Waals surface area contributed by atoms with Gasteiger partial charge in [0.1, 0.15) is 11.6 Å². The summed E-state index contributed by atoms with van der Waals surface area (Å²) in [4.78, 5) is 4.03.